The standard InChI is InChI=1S/C12H9ClN6/c13-10-17-11(14)19-12(18-10)16-9-3-1-2-7-6-15-5-4-8(7)9/h1-6H,(H3,14,16,17,18,19). The van der Waals surface area contributed by atoms with E-state index < -0.39 is 0 Å². The van der Waals surface area contributed by atoms with Gasteiger partial charge in [0, 0.05) is 28.9 Å². The zero-order valence-corrected chi connectivity index (χ0v) is 10.5. The lowest BCUT2D eigenvalue weighted by Crippen LogP contribution is -2.03. The van der Waals surface area contributed by atoms with Crippen LogP contribution in [0.3, 0.4) is 0 Å². The average Bonchev–Trinajstić information content (AvgIpc) is 2.38. The van der Waals surface area contributed by atoms with Gasteiger partial charge in [0.15, 0.2) is 0 Å². The normalized spacial score (nSPS) is 10.6. The zero-order chi connectivity index (χ0) is 13.2. The highest BCUT2D eigenvalue weighted by molar-refractivity contribution is 6.28. The summed E-state index contributed by atoms with van der Waals surface area (Å²) in [4.78, 5) is 15.7. The highest BCUT2D eigenvalue weighted by atomic mass is 35.5. The average molecular weight is 273 g/mol. The lowest BCUT2D eigenvalue weighted by atomic mass is 10.1. The van der Waals surface area contributed by atoms with Crippen LogP contribution in [0.25, 0.3) is 10.8 Å². The van der Waals surface area contributed by atoms with E-state index >= 15 is 0 Å². The van der Waals surface area contributed by atoms with Crippen LogP contribution in [0.4, 0.5) is 17.6 Å². The molecule has 0 aliphatic heterocycles. The second kappa shape index (κ2) is 4.66. The number of benzene rings is 1. The van der Waals surface area contributed by atoms with Gasteiger partial charge in [0.05, 0.1) is 0 Å². The molecule has 0 spiro atoms. The third-order valence-corrected chi connectivity index (χ3v) is 2.72. The first-order chi connectivity index (χ1) is 9.22. The van der Waals surface area contributed by atoms with E-state index in [1.807, 2.05) is 24.3 Å². The molecule has 7 heteroatoms. The van der Waals surface area contributed by atoms with Crippen LogP contribution in [-0.4, -0.2) is 19.9 Å². The lowest BCUT2D eigenvalue weighted by Gasteiger charge is -2.08. The Morgan fingerprint density at radius 3 is 2.84 bits per heavy atom. The fourth-order valence-corrected chi connectivity index (χ4v) is 1.94. The summed E-state index contributed by atoms with van der Waals surface area (Å²) in [5, 5.41) is 5.15. The van der Waals surface area contributed by atoms with Gasteiger partial charge in [-0.05, 0) is 23.7 Å². The van der Waals surface area contributed by atoms with Crippen LogP contribution in [0.15, 0.2) is 36.7 Å². The number of anilines is 3. The first-order valence-electron chi connectivity index (χ1n) is 5.49. The van der Waals surface area contributed by atoms with Gasteiger partial charge in [0.1, 0.15) is 0 Å². The molecule has 0 aliphatic carbocycles. The number of fused-ring (bicyclic) bond motifs is 1. The monoisotopic (exact) mass is 272 g/mol. The van der Waals surface area contributed by atoms with Crippen molar-refractivity contribution in [1.82, 2.24) is 19.9 Å². The number of nitrogen functional groups attached to an aromatic ring is 1. The molecule has 2 heterocycles. The number of aromatic nitrogens is 4. The minimum absolute atomic E-state index is 0.0527. The maximum absolute atomic E-state index is 5.74. The first kappa shape index (κ1) is 11.6. The molecule has 0 unspecified atom stereocenters. The summed E-state index contributed by atoms with van der Waals surface area (Å²) in [6.45, 7) is 0. The van der Waals surface area contributed by atoms with Gasteiger partial charge in [-0.1, -0.05) is 12.1 Å². The topological polar surface area (TPSA) is 89.6 Å². The van der Waals surface area contributed by atoms with Crippen molar-refractivity contribution >= 4 is 40.0 Å². The number of pyridine rings is 1. The minimum atomic E-state index is 0.0527. The lowest BCUT2D eigenvalue weighted by molar-refractivity contribution is 1.07. The molecule has 0 aliphatic rings. The number of nitrogens with zero attached hydrogens (tertiary/aromatic N) is 4. The molecule has 0 bridgehead atoms. The van der Waals surface area contributed by atoms with Crippen LogP contribution in [-0.2, 0) is 0 Å². The minimum Gasteiger partial charge on any atom is -0.368 e. The van der Waals surface area contributed by atoms with E-state index in [9.17, 15) is 0 Å². The molecule has 0 amide bonds. The van der Waals surface area contributed by atoms with Gasteiger partial charge in [0.25, 0.3) is 0 Å². The first-order valence-corrected chi connectivity index (χ1v) is 5.87. The molecular weight excluding hydrogens is 264 g/mol. The molecule has 0 saturated heterocycles. The van der Waals surface area contributed by atoms with Crippen molar-refractivity contribution in [3.63, 3.8) is 0 Å². The number of hydrogen-bond acceptors (Lipinski definition) is 6. The molecule has 2 aromatic heterocycles. The maximum Gasteiger partial charge on any atom is 0.233 e. The number of nitrogens with two attached hydrogens (primary N) is 1. The van der Waals surface area contributed by atoms with E-state index in [0.29, 0.717) is 5.95 Å². The number of hydrogen-bond donors (Lipinski definition) is 2. The van der Waals surface area contributed by atoms with Gasteiger partial charge in [0.2, 0.25) is 17.2 Å². The van der Waals surface area contributed by atoms with E-state index in [0.717, 1.165) is 16.5 Å². The predicted octanol–water partition coefficient (Wildman–Crippen LogP) is 2.40. The Bertz CT molecular complexity index is 720. The predicted molar refractivity (Wildman–Crippen MR) is 74.3 cm³/mol. The van der Waals surface area contributed by atoms with Crippen LogP contribution >= 0.6 is 11.6 Å². The fraction of sp³-hybridized carbons (Fsp3) is 0. The Kier molecular flexibility index (Phi) is 2.85. The van der Waals surface area contributed by atoms with Gasteiger partial charge in [-0.3, -0.25) is 4.98 Å². The third kappa shape index (κ3) is 2.38. The van der Waals surface area contributed by atoms with Gasteiger partial charge < -0.3 is 11.1 Å². The molecule has 0 atom stereocenters. The molecule has 0 saturated carbocycles. The summed E-state index contributed by atoms with van der Waals surface area (Å²) in [5.74, 6) is 0.381. The SMILES string of the molecule is Nc1nc(Cl)nc(Nc2cccc3cnccc23)n1. The quantitative estimate of drug-likeness (QED) is 0.744. The summed E-state index contributed by atoms with van der Waals surface area (Å²) in [7, 11) is 0. The van der Waals surface area contributed by atoms with Crippen LogP contribution in [0.2, 0.25) is 5.28 Å². The Morgan fingerprint density at radius 1 is 1.11 bits per heavy atom. The second-order valence-electron chi connectivity index (χ2n) is 3.81. The molecule has 0 fully saturated rings. The number of halogens is 1. The van der Waals surface area contributed by atoms with Gasteiger partial charge in [-0.2, -0.15) is 15.0 Å². The molecular formula is C12H9ClN6. The van der Waals surface area contributed by atoms with Crippen LogP contribution < -0.4 is 11.1 Å². The molecule has 3 rings (SSSR count). The van der Waals surface area contributed by atoms with Crippen molar-refractivity contribution in [3.05, 3.63) is 41.9 Å². The Morgan fingerprint density at radius 2 is 2.00 bits per heavy atom. The van der Waals surface area contributed by atoms with Crippen molar-refractivity contribution in [2.45, 2.75) is 0 Å². The summed E-state index contributed by atoms with van der Waals surface area (Å²) in [6, 6.07) is 7.71. The second-order valence-corrected chi connectivity index (χ2v) is 4.15. The fourth-order valence-electron chi connectivity index (χ4n) is 1.77. The van der Waals surface area contributed by atoms with Gasteiger partial charge in [-0.15, -0.1) is 0 Å². The number of rotatable bonds is 2. The summed E-state index contributed by atoms with van der Waals surface area (Å²) in [5.41, 5.74) is 6.38. The summed E-state index contributed by atoms with van der Waals surface area (Å²) >= 11 is 5.74. The highest BCUT2D eigenvalue weighted by Crippen LogP contribution is 2.24. The maximum atomic E-state index is 5.74. The van der Waals surface area contributed by atoms with Crippen molar-refractivity contribution in [2.24, 2.45) is 0 Å². The highest BCUT2D eigenvalue weighted by Gasteiger charge is 2.05. The molecule has 3 aromatic rings. The van der Waals surface area contributed by atoms with Crippen molar-refractivity contribution in [1.29, 1.82) is 0 Å². The van der Waals surface area contributed by atoms with E-state index in [1.165, 1.54) is 0 Å². The van der Waals surface area contributed by atoms with Gasteiger partial charge in [-0.25, -0.2) is 0 Å². The molecule has 6 nitrogen and oxygen atoms in total. The Balaban J connectivity index is 2.05. The summed E-state index contributed by atoms with van der Waals surface area (Å²) < 4.78 is 0. The van der Waals surface area contributed by atoms with E-state index in [2.05, 4.69) is 25.3 Å². The molecule has 0 radical (unpaired) electrons. The van der Waals surface area contributed by atoms with Crippen molar-refractivity contribution in [3.8, 4) is 0 Å². The third-order valence-electron chi connectivity index (χ3n) is 2.55. The smallest absolute Gasteiger partial charge is 0.233 e. The zero-order valence-electron chi connectivity index (χ0n) is 9.71. The van der Waals surface area contributed by atoms with E-state index in [1.54, 1.807) is 12.4 Å². The number of nitrogens with one attached hydrogen (secondary N) is 1. The van der Waals surface area contributed by atoms with Crippen LogP contribution in [0.1, 0.15) is 0 Å². The summed E-state index contributed by atoms with van der Waals surface area (Å²) in [6.07, 6.45) is 3.51. The van der Waals surface area contributed by atoms with Crippen LogP contribution in [0.5, 0.6) is 0 Å². The molecule has 3 N–H and O–H groups in total. The Labute approximate surface area is 113 Å². The Hall–Kier alpha value is -2.47. The van der Waals surface area contributed by atoms with Crippen molar-refractivity contribution in [2.75, 3.05) is 11.1 Å². The van der Waals surface area contributed by atoms with Crippen LogP contribution in [0, 0.1) is 0 Å². The largest absolute Gasteiger partial charge is 0.368 e. The molecule has 19 heavy (non-hydrogen) atoms. The van der Waals surface area contributed by atoms with E-state index in [4.69, 9.17) is 17.3 Å². The van der Waals surface area contributed by atoms with Gasteiger partial charge >= 0.3 is 0 Å². The van der Waals surface area contributed by atoms with Crippen molar-refractivity contribution < 1.29 is 0 Å². The van der Waals surface area contributed by atoms with E-state index in [-0.39, 0.29) is 11.2 Å². The molecule has 94 valence electrons. The molecule has 1 aromatic carbocycles.